The Labute approximate surface area is 120 Å². The molecule has 112 valence electrons. The van der Waals surface area contributed by atoms with E-state index >= 15 is 0 Å². The van der Waals surface area contributed by atoms with Crippen molar-refractivity contribution in [2.45, 2.75) is 19.8 Å². The average molecular weight is 281 g/mol. The Hall–Kier alpha value is -1.43. The van der Waals surface area contributed by atoms with Crippen LogP contribution in [0.2, 0.25) is 0 Å². The molecule has 0 aromatic carbocycles. The average Bonchev–Trinajstić information content (AvgIpc) is 2.83. The number of hydrogen-bond acceptors (Lipinski definition) is 5. The zero-order valence-corrected chi connectivity index (χ0v) is 12.6. The second-order valence-electron chi connectivity index (χ2n) is 5.59. The smallest absolute Gasteiger partial charge is 0.224 e. The van der Waals surface area contributed by atoms with Gasteiger partial charge < -0.3 is 15.1 Å². The summed E-state index contributed by atoms with van der Waals surface area (Å²) in [5.74, 6) is 1.10. The maximum atomic E-state index is 13.9. The summed E-state index contributed by atoms with van der Waals surface area (Å²) in [5, 5.41) is 3.09. The summed E-state index contributed by atoms with van der Waals surface area (Å²) < 4.78 is 13.9. The van der Waals surface area contributed by atoms with Crippen molar-refractivity contribution < 1.29 is 4.39 Å². The van der Waals surface area contributed by atoms with Gasteiger partial charge in [0.15, 0.2) is 11.6 Å². The molecule has 2 rings (SSSR count). The Kier molecular flexibility index (Phi) is 5.11. The van der Waals surface area contributed by atoms with Crippen molar-refractivity contribution in [2.75, 3.05) is 50.5 Å². The first kappa shape index (κ1) is 15.0. The van der Waals surface area contributed by atoms with Crippen LogP contribution in [0.1, 0.15) is 19.8 Å². The molecule has 0 amide bonds. The Morgan fingerprint density at radius 1 is 1.55 bits per heavy atom. The van der Waals surface area contributed by atoms with E-state index in [0.717, 1.165) is 39.0 Å². The Balaban J connectivity index is 2.02. The minimum Gasteiger partial charge on any atom is -0.357 e. The highest BCUT2D eigenvalue weighted by molar-refractivity contribution is 5.43. The van der Waals surface area contributed by atoms with Crippen LogP contribution in [0.4, 0.5) is 16.2 Å². The first-order chi connectivity index (χ1) is 9.60. The van der Waals surface area contributed by atoms with Gasteiger partial charge in [-0.3, -0.25) is 0 Å². The van der Waals surface area contributed by atoms with E-state index in [1.807, 2.05) is 11.9 Å². The third-order valence-corrected chi connectivity index (χ3v) is 3.64. The van der Waals surface area contributed by atoms with Crippen molar-refractivity contribution in [3.63, 3.8) is 0 Å². The van der Waals surface area contributed by atoms with Crippen molar-refractivity contribution >= 4 is 11.8 Å². The molecule has 1 unspecified atom stereocenters. The van der Waals surface area contributed by atoms with E-state index in [1.54, 1.807) is 0 Å². The highest BCUT2D eigenvalue weighted by Crippen LogP contribution is 2.21. The van der Waals surface area contributed by atoms with Crippen molar-refractivity contribution in [1.29, 1.82) is 0 Å². The zero-order valence-electron chi connectivity index (χ0n) is 12.6. The first-order valence-corrected chi connectivity index (χ1v) is 7.26. The van der Waals surface area contributed by atoms with Crippen molar-refractivity contribution in [1.82, 2.24) is 14.9 Å². The maximum Gasteiger partial charge on any atom is 0.224 e. The van der Waals surface area contributed by atoms with Gasteiger partial charge in [0.2, 0.25) is 5.95 Å². The van der Waals surface area contributed by atoms with Gasteiger partial charge >= 0.3 is 0 Å². The van der Waals surface area contributed by atoms with Crippen molar-refractivity contribution in [3.8, 4) is 0 Å². The SMILES string of the molecule is CCCNc1ncc(F)c(N(C)CC2CCN(C)C2)n1. The number of nitrogens with one attached hydrogen (secondary N) is 1. The van der Waals surface area contributed by atoms with E-state index in [9.17, 15) is 4.39 Å². The lowest BCUT2D eigenvalue weighted by molar-refractivity contribution is 0.395. The summed E-state index contributed by atoms with van der Waals surface area (Å²) >= 11 is 0. The Morgan fingerprint density at radius 3 is 3.00 bits per heavy atom. The van der Waals surface area contributed by atoms with E-state index in [-0.39, 0.29) is 5.82 Å². The molecule has 0 radical (unpaired) electrons. The minimum atomic E-state index is -0.360. The molecule has 1 aliphatic heterocycles. The number of hydrogen-bond donors (Lipinski definition) is 1. The Bertz CT molecular complexity index is 440. The molecule has 1 saturated heterocycles. The summed E-state index contributed by atoms with van der Waals surface area (Å²) in [6.07, 6.45) is 3.40. The van der Waals surface area contributed by atoms with Crippen LogP contribution in [0.3, 0.4) is 0 Å². The summed E-state index contributed by atoms with van der Waals surface area (Å²) in [5.41, 5.74) is 0. The predicted molar refractivity (Wildman–Crippen MR) is 79.6 cm³/mol. The monoisotopic (exact) mass is 281 g/mol. The third-order valence-electron chi connectivity index (χ3n) is 3.64. The van der Waals surface area contributed by atoms with Gasteiger partial charge in [-0.25, -0.2) is 9.37 Å². The number of aromatic nitrogens is 2. The second kappa shape index (κ2) is 6.83. The summed E-state index contributed by atoms with van der Waals surface area (Å²) in [7, 11) is 4.02. The quantitative estimate of drug-likeness (QED) is 0.862. The van der Waals surface area contributed by atoms with E-state index < -0.39 is 0 Å². The maximum absolute atomic E-state index is 13.9. The molecule has 1 N–H and O–H groups in total. The van der Waals surface area contributed by atoms with Crippen molar-refractivity contribution in [3.05, 3.63) is 12.0 Å². The van der Waals surface area contributed by atoms with Crippen LogP contribution in [0.5, 0.6) is 0 Å². The van der Waals surface area contributed by atoms with E-state index in [4.69, 9.17) is 0 Å². The number of rotatable bonds is 6. The molecule has 6 heteroatoms. The highest BCUT2D eigenvalue weighted by atomic mass is 19.1. The lowest BCUT2D eigenvalue weighted by Crippen LogP contribution is -2.29. The van der Waals surface area contributed by atoms with Gasteiger partial charge in [0.1, 0.15) is 0 Å². The van der Waals surface area contributed by atoms with E-state index in [2.05, 4.69) is 34.2 Å². The second-order valence-corrected chi connectivity index (χ2v) is 5.59. The zero-order chi connectivity index (χ0) is 14.5. The molecule has 5 nitrogen and oxygen atoms in total. The van der Waals surface area contributed by atoms with Gasteiger partial charge in [0.25, 0.3) is 0 Å². The van der Waals surface area contributed by atoms with E-state index in [1.165, 1.54) is 6.20 Å². The first-order valence-electron chi connectivity index (χ1n) is 7.26. The standard InChI is InChI=1S/C14H24FN5/c1-4-6-16-14-17-8-12(15)13(18-14)20(3)10-11-5-7-19(2)9-11/h8,11H,4-7,9-10H2,1-3H3,(H,16,17,18). The van der Waals surface area contributed by atoms with Crippen LogP contribution in [0.25, 0.3) is 0 Å². The van der Waals surface area contributed by atoms with Gasteiger partial charge in [-0.15, -0.1) is 0 Å². The summed E-state index contributed by atoms with van der Waals surface area (Å²) in [6.45, 7) is 5.87. The van der Waals surface area contributed by atoms with Crippen LogP contribution in [0.15, 0.2) is 6.20 Å². The number of anilines is 2. The number of halogens is 1. The molecule has 0 aliphatic carbocycles. The molecule has 0 bridgehead atoms. The molecule has 1 aromatic rings. The van der Waals surface area contributed by atoms with Gasteiger partial charge in [-0.2, -0.15) is 4.98 Å². The third kappa shape index (κ3) is 3.79. The fourth-order valence-electron chi connectivity index (χ4n) is 2.60. The molecular weight excluding hydrogens is 257 g/mol. The number of nitrogens with zero attached hydrogens (tertiary/aromatic N) is 4. The molecule has 1 aromatic heterocycles. The topological polar surface area (TPSA) is 44.3 Å². The van der Waals surface area contributed by atoms with Crippen LogP contribution in [0, 0.1) is 11.7 Å². The lowest BCUT2D eigenvalue weighted by atomic mass is 10.1. The van der Waals surface area contributed by atoms with Gasteiger partial charge in [0, 0.05) is 26.7 Å². The van der Waals surface area contributed by atoms with E-state index in [0.29, 0.717) is 17.7 Å². The molecule has 20 heavy (non-hydrogen) atoms. The van der Waals surface area contributed by atoms with Crippen LogP contribution in [-0.2, 0) is 0 Å². The van der Waals surface area contributed by atoms with Crippen LogP contribution in [-0.4, -0.2) is 55.1 Å². The molecule has 1 aliphatic rings. The highest BCUT2D eigenvalue weighted by Gasteiger charge is 2.22. The fourth-order valence-corrected chi connectivity index (χ4v) is 2.60. The predicted octanol–water partition coefficient (Wildman–Crippen LogP) is 1.83. The fraction of sp³-hybridized carbons (Fsp3) is 0.714. The lowest BCUT2D eigenvalue weighted by Gasteiger charge is -2.22. The molecular formula is C14H24FN5. The normalized spacial score (nSPS) is 19.3. The van der Waals surface area contributed by atoms with Gasteiger partial charge in [-0.05, 0) is 32.4 Å². The molecule has 2 heterocycles. The number of likely N-dealkylation sites (tertiary alicyclic amines) is 1. The van der Waals surface area contributed by atoms with Crippen LogP contribution >= 0.6 is 0 Å². The van der Waals surface area contributed by atoms with Crippen molar-refractivity contribution in [2.24, 2.45) is 5.92 Å². The Morgan fingerprint density at radius 2 is 2.35 bits per heavy atom. The molecule has 1 atom stereocenters. The molecule has 1 fully saturated rings. The molecule has 0 spiro atoms. The minimum absolute atomic E-state index is 0.360. The largest absolute Gasteiger partial charge is 0.357 e. The van der Waals surface area contributed by atoms with Gasteiger partial charge in [0.05, 0.1) is 6.20 Å². The summed E-state index contributed by atoms with van der Waals surface area (Å²) in [4.78, 5) is 12.5. The summed E-state index contributed by atoms with van der Waals surface area (Å²) in [6, 6.07) is 0. The molecule has 0 saturated carbocycles. The van der Waals surface area contributed by atoms with Crippen LogP contribution < -0.4 is 10.2 Å². The van der Waals surface area contributed by atoms with Gasteiger partial charge in [-0.1, -0.05) is 6.92 Å².